The van der Waals surface area contributed by atoms with Gasteiger partial charge in [-0.3, -0.25) is 4.79 Å². The number of carbonyl (C=O) groups is 2. The number of benzene rings is 1. The van der Waals surface area contributed by atoms with Crippen LogP contribution < -0.4 is 0 Å². The van der Waals surface area contributed by atoms with Gasteiger partial charge in [-0.15, -0.1) is 0 Å². The third-order valence-electron chi connectivity index (χ3n) is 3.75. The first-order valence-electron chi connectivity index (χ1n) is 7.26. The van der Waals surface area contributed by atoms with Crippen molar-refractivity contribution in [3.05, 3.63) is 35.4 Å². The molecule has 1 saturated heterocycles. The van der Waals surface area contributed by atoms with E-state index in [0.29, 0.717) is 18.5 Å². The number of amides is 1. The maximum absolute atomic E-state index is 12.5. The van der Waals surface area contributed by atoms with Crippen molar-refractivity contribution in [1.82, 2.24) is 9.80 Å². The molecule has 1 fully saturated rings. The maximum atomic E-state index is 12.5. The normalized spacial score (nSPS) is 18.8. The molecule has 0 aliphatic carbocycles. The van der Waals surface area contributed by atoms with E-state index < -0.39 is 12.0 Å². The van der Waals surface area contributed by atoms with Gasteiger partial charge in [0.25, 0.3) is 5.91 Å². The van der Waals surface area contributed by atoms with Crippen molar-refractivity contribution in [2.45, 2.75) is 31.8 Å². The Kier molecular flexibility index (Phi) is 4.96. The molecule has 1 atom stereocenters. The number of rotatable bonds is 4. The van der Waals surface area contributed by atoms with Crippen LogP contribution in [0.1, 0.15) is 35.2 Å². The lowest BCUT2D eigenvalue weighted by Crippen LogP contribution is -2.47. The number of likely N-dealkylation sites (tertiary alicyclic amines) is 1. The predicted octanol–water partition coefficient (Wildman–Crippen LogP) is 1.83. The first-order valence-corrected chi connectivity index (χ1v) is 7.26. The van der Waals surface area contributed by atoms with Crippen LogP contribution in [0.2, 0.25) is 0 Å². The lowest BCUT2D eigenvalue weighted by atomic mass is 10.0. The lowest BCUT2D eigenvalue weighted by molar-refractivity contribution is -0.143. The SMILES string of the molecule is CN(C)Cc1ccc(C(=O)N2CCCC[C@@H]2C(=O)O)cc1. The second kappa shape index (κ2) is 6.72. The predicted molar refractivity (Wildman–Crippen MR) is 80.1 cm³/mol. The quantitative estimate of drug-likeness (QED) is 0.919. The molecule has 21 heavy (non-hydrogen) atoms. The van der Waals surface area contributed by atoms with E-state index in [2.05, 4.69) is 4.90 Å². The van der Waals surface area contributed by atoms with Crippen LogP contribution in [0.5, 0.6) is 0 Å². The van der Waals surface area contributed by atoms with Gasteiger partial charge in [0.2, 0.25) is 0 Å². The van der Waals surface area contributed by atoms with Gasteiger partial charge in [0.15, 0.2) is 0 Å². The number of carboxylic acids is 1. The van der Waals surface area contributed by atoms with Crippen LogP contribution in [0.15, 0.2) is 24.3 Å². The zero-order chi connectivity index (χ0) is 15.4. The van der Waals surface area contributed by atoms with Crippen molar-refractivity contribution in [1.29, 1.82) is 0 Å². The highest BCUT2D eigenvalue weighted by Gasteiger charge is 2.32. The molecule has 0 bridgehead atoms. The van der Waals surface area contributed by atoms with Crippen LogP contribution in [0.3, 0.4) is 0 Å². The maximum Gasteiger partial charge on any atom is 0.326 e. The number of piperidine rings is 1. The summed E-state index contributed by atoms with van der Waals surface area (Å²) in [6, 6.07) is 6.73. The molecule has 1 aliphatic heterocycles. The second-order valence-electron chi connectivity index (χ2n) is 5.78. The summed E-state index contributed by atoms with van der Waals surface area (Å²) in [7, 11) is 3.98. The molecule has 0 radical (unpaired) electrons. The van der Waals surface area contributed by atoms with E-state index in [1.54, 1.807) is 12.1 Å². The number of nitrogens with zero attached hydrogens (tertiary/aromatic N) is 2. The molecule has 1 amide bonds. The summed E-state index contributed by atoms with van der Waals surface area (Å²) in [5, 5.41) is 9.25. The number of hydrogen-bond donors (Lipinski definition) is 1. The molecular weight excluding hydrogens is 268 g/mol. The molecule has 114 valence electrons. The van der Waals surface area contributed by atoms with Crippen molar-refractivity contribution in [3.8, 4) is 0 Å². The van der Waals surface area contributed by atoms with E-state index in [0.717, 1.165) is 24.9 Å². The summed E-state index contributed by atoms with van der Waals surface area (Å²) < 4.78 is 0. The fourth-order valence-electron chi connectivity index (χ4n) is 2.72. The van der Waals surface area contributed by atoms with E-state index >= 15 is 0 Å². The average molecular weight is 290 g/mol. The van der Waals surface area contributed by atoms with E-state index in [1.165, 1.54) is 4.90 Å². The van der Waals surface area contributed by atoms with Crippen LogP contribution in [0.25, 0.3) is 0 Å². The summed E-state index contributed by atoms with van der Waals surface area (Å²) in [6.07, 6.45) is 2.27. The molecule has 1 N–H and O–H groups in total. The van der Waals surface area contributed by atoms with E-state index in [-0.39, 0.29) is 5.91 Å². The molecule has 2 rings (SSSR count). The first kappa shape index (κ1) is 15.5. The van der Waals surface area contributed by atoms with Crippen molar-refractivity contribution in [2.24, 2.45) is 0 Å². The molecule has 1 aromatic rings. The van der Waals surface area contributed by atoms with Gasteiger partial charge in [0.1, 0.15) is 6.04 Å². The Morgan fingerprint density at radius 3 is 2.48 bits per heavy atom. The number of carbonyl (C=O) groups excluding carboxylic acids is 1. The average Bonchev–Trinajstić information content (AvgIpc) is 2.46. The van der Waals surface area contributed by atoms with Gasteiger partial charge in [-0.2, -0.15) is 0 Å². The summed E-state index contributed by atoms with van der Waals surface area (Å²) in [6.45, 7) is 1.34. The Labute approximate surface area is 125 Å². The Hall–Kier alpha value is -1.88. The number of hydrogen-bond acceptors (Lipinski definition) is 3. The minimum Gasteiger partial charge on any atom is -0.480 e. The topological polar surface area (TPSA) is 60.9 Å². The zero-order valence-electron chi connectivity index (χ0n) is 12.6. The van der Waals surface area contributed by atoms with Gasteiger partial charge in [0.05, 0.1) is 0 Å². The van der Waals surface area contributed by atoms with Gasteiger partial charge in [-0.1, -0.05) is 12.1 Å². The van der Waals surface area contributed by atoms with Crippen LogP contribution in [-0.2, 0) is 11.3 Å². The highest BCUT2D eigenvalue weighted by molar-refractivity contribution is 5.96. The van der Waals surface area contributed by atoms with E-state index in [9.17, 15) is 14.7 Å². The molecule has 1 aromatic carbocycles. The minimum absolute atomic E-state index is 0.182. The third-order valence-corrected chi connectivity index (χ3v) is 3.75. The molecule has 0 unspecified atom stereocenters. The van der Waals surface area contributed by atoms with Crippen LogP contribution in [0.4, 0.5) is 0 Å². The fourth-order valence-corrected chi connectivity index (χ4v) is 2.72. The molecule has 1 heterocycles. The molecule has 0 spiro atoms. The van der Waals surface area contributed by atoms with Crippen molar-refractivity contribution < 1.29 is 14.7 Å². The Bertz CT molecular complexity index is 511. The van der Waals surface area contributed by atoms with Gasteiger partial charge < -0.3 is 14.9 Å². The summed E-state index contributed by atoms with van der Waals surface area (Å²) in [5.41, 5.74) is 1.69. The highest BCUT2D eigenvalue weighted by Crippen LogP contribution is 2.20. The summed E-state index contributed by atoms with van der Waals surface area (Å²) in [5.74, 6) is -1.09. The van der Waals surface area contributed by atoms with Gasteiger partial charge >= 0.3 is 5.97 Å². The molecule has 0 aromatic heterocycles. The Morgan fingerprint density at radius 2 is 1.90 bits per heavy atom. The monoisotopic (exact) mass is 290 g/mol. The molecule has 1 aliphatic rings. The Balaban J connectivity index is 2.12. The largest absolute Gasteiger partial charge is 0.480 e. The lowest BCUT2D eigenvalue weighted by Gasteiger charge is -2.33. The van der Waals surface area contributed by atoms with E-state index in [1.807, 2.05) is 26.2 Å². The third kappa shape index (κ3) is 3.82. The molecule has 5 nitrogen and oxygen atoms in total. The van der Waals surface area contributed by atoms with Crippen molar-refractivity contribution in [3.63, 3.8) is 0 Å². The van der Waals surface area contributed by atoms with E-state index in [4.69, 9.17) is 0 Å². The molecule has 0 saturated carbocycles. The first-order chi connectivity index (χ1) is 9.99. The van der Waals surface area contributed by atoms with Gasteiger partial charge in [-0.25, -0.2) is 4.79 Å². The highest BCUT2D eigenvalue weighted by atomic mass is 16.4. The van der Waals surface area contributed by atoms with Crippen molar-refractivity contribution in [2.75, 3.05) is 20.6 Å². The van der Waals surface area contributed by atoms with Crippen LogP contribution >= 0.6 is 0 Å². The Morgan fingerprint density at radius 1 is 1.24 bits per heavy atom. The summed E-state index contributed by atoms with van der Waals surface area (Å²) >= 11 is 0. The molecule has 5 heteroatoms. The fraction of sp³-hybridized carbons (Fsp3) is 0.500. The van der Waals surface area contributed by atoms with Crippen LogP contribution in [0, 0.1) is 0 Å². The smallest absolute Gasteiger partial charge is 0.326 e. The standard InChI is InChI=1S/C16H22N2O3/c1-17(2)11-12-6-8-13(9-7-12)15(19)18-10-4-3-5-14(18)16(20)21/h6-9,14H,3-5,10-11H2,1-2H3,(H,20,21)/t14-/m1/s1. The number of carboxylic acid groups (broad SMARTS) is 1. The van der Waals surface area contributed by atoms with Crippen molar-refractivity contribution >= 4 is 11.9 Å². The van der Waals surface area contributed by atoms with Crippen LogP contribution in [-0.4, -0.2) is 53.5 Å². The number of aliphatic carboxylic acids is 1. The molecular formula is C16H22N2O3. The summed E-state index contributed by atoms with van der Waals surface area (Å²) in [4.78, 5) is 27.3. The second-order valence-corrected chi connectivity index (χ2v) is 5.78. The van der Waals surface area contributed by atoms with Gasteiger partial charge in [-0.05, 0) is 51.1 Å². The van der Waals surface area contributed by atoms with Gasteiger partial charge in [0, 0.05) is 18.7 Å². The minimum atomic E-state index is -0.910. The zero-order valence-corrected chi connectivity index (χ0v) is 12.6.